The van der Waals surface area contributed by atoms with E-state index in [4.69, 9.17) is 18.6 Å². The molecule has 2 atom stereocenters. The van der Waals surface area contributed by atoms with E-state index < -0.39 is 57.2 Å². The van der Waals surface area contributed by atoms with Gasteiger partial charge >= 0.3 is 0 Å². The number of hydrogen-bond donors (Lipinski definition) is 6. The molecule has 14 heteroatoms. The topological polar surface area (TPSA) is 208 Å². The van der Waals surface area contributed by atoms with Gasteiger partial charge in [-0.3, -0.25) is 9.11 Å². The zero-order valence-corrected chi connectivity index (χ0v) is 21.3. The fraction of sp³-hybridized carbons (Fsp3) is 0.250. The van der Waals surface area contributed by atoms with Gasteiger partial charge in [-0.1, -0.05) is 18.2 Å². The Morgan fingerprint density at radius 2 is 1.03 bits per heavy atom. The van der Waals surface area contributed by atoms with Crippen LogP contribution in [0.5, 0.6) is 23.0 Å². The number of phenolic OH excluding ortho intramolecular Hbond substituents is 2. The largest absolute Gasteiger partial charge is 0.507 e. The van der Waals surface area contributed by atoms with Gasteiger partial charge in [-0.05, 0) is 41.5 Å². The third-order valence-corrected chi connectivity index (χ3v) is 6.73. The standard InChI is InChI=1S/C24H26O12S2/c25-17(13-37(29,30)31)11-35-19-4-6-21(23(27)9-19)15-2-1-3-16(8-15)22-7-5-20(10-24(22)28)36-12-18(26)14-38(32,33)34/h1-10,17-18,25-28H,11-14H2,(H,29,30,31)(H,32,33,34). The second kappa shape index (κ2) is 12.0. The minimum Gasteiger partial charge on any atom is -0.507 e. The Morgan fingerprint density at radius 3 is 1.37 bits per heavy atom. The average Bonchev–Trinajstić information content (AvgIpc) is 2.79. The van der Waals surface area contributed by atoms with E-state index in [2.05, 4.69) is 0 Å². The Balaban J connectivity index is 1.72. The Kier molecular flexibility index (Phi) is 9.19. The molecule has 0 heterocycles. The summed E-state index contributed by atoms with van der Waals surface area (Å²) in [5.41, 5.74) is 2.02. The molecule has 0 aromatic heterocycles. The minimum atomic E-state index is -4.37. The highest BCUT2D eigenvalue weighted by molar-refractivity contribution is 7.86. The van der Waals surface area contributed by atoms with E-state index in [9.17, 15) is 37.3 Å². The Labute approximate surface area is 218 Å². The summed E-state index contributed by atoms with van der Waals surface area (Å²) in [6, 6.07) is 15.5. The maximum atomic E-state index is 10.8. The molecule has 0 fully saturated rings. The van der Waals surface area contributed by atoms with E-state index >= 15 is 0 Å². The smallest absolute Gasteiger partial charge is 0.267 e. The normalized spacial score (nSPS) is 13.6. The van der Waals surface area contributed by atoms with Crippen molar-refractivity contribution in [1.29, 1.82) is 0 Å². The van der Waals surface area contributed by atoms with Gasteiger partial charge in [0.05, 0.1) is 0 Å². The number of aliphatic hydroxyl groups is 2. The lowest BCUT2D eigenvalue weighted by Crippen LogP contribution is -2.26. The van der Waals surface area contributed by atoms with Crippen molar-refractivity contribution in [2.45, 2.75) is 12.2 Å². The van der Waals surface area contributed by atoms with Gasteiger partial charge in [-0.15, -0.1) is 0 Å². The second-order valence-corrected chi connectivity index (χ2v) is 11.4. The third-order valence-electron chi connectivity index (χ3n) is 5.11. The Hall–Kier alpha value is -3.40. The summed E-state index contributed by atoms with van der Waals surface area (Å²) in [4.78, 5) is 0. The fourth-order valence-electron chi connectivity index (χ4n) is 3.51. The number of aliphatic hydroxyl groups excluding tert-OH is 2. The van der Waals surface area contributed by atoms with Crippen LogP contribution < -0.4 is 9.47 Å². The van der Waals surface area contributed by atoms with Crippen LogP contribution in [0.15, 0.2) is 60.7 Å². The van der Waals surface area contributed by atoms with E-state index in [1.54, 1.807) is 36.4 Å². The lowest BCUT2D eigenvalue weighted by atomic mass is 9.98. The van der Waals surface area contributed by atoms with Crippen LogP contribution in [0.1, 0.15) is 0 Å². The monoisotopic (exact) mass is 570 g/mol. The molecule has 3 aromatic carbocycles. The molecule has 12 nitrogen and oxygen atoms in total. The molecule has 0 spiro atoms. The van der Waals surface area contributed by atoms with E-state index in [-0.39, 0.29) is 23.0 Å². The Bertz CT molecular complexity index is 1380. The van der Waals surface area contributed by atoms with E-state index in [1.165, 1.54) is 24.3 Å². The van der Waals surface area contributed by atoms with Gasteiger partial charge in [-0.25, -0.2) is 0 Å². The highest BCUT2D eigenvalue weighted by Crippen LogP contribution is 2.37. The van der Waals surface area contributed by atoms with Crippen molar-refractivity contribution in [3.8, 4) is 45.3 Å². The van der Waals surface area contributed by atoms with Crippen LogP contribution in [0.3, 0.4) is 0 Å². The second-order valence-electron chi connectivity index (χ2n) is 8.37. The van der Waals surface area contributed by atoms with Gasteiger partial charge in [0.15, 0.2) is 0 Å². The molecular formula is C24H26O12S2. The first-order chi connectivity index (χ1) is 17.7. The van der Waals surface area contributed by atoms with Crippen molar-refractivity contribution in [3.05, 3.63) is 60.7 Å². The van der Waals surface area contributed by atoms with Gasteiger partial charge in [0, 0.05) is 23.3 Å². The molecule has 0 aliphatic carbocycles. The maximum Gasteiger partial charge on any atom is 0.267 e. The fourth-order valence-corrected chi connectivity index (χ4v) is 4.68. The summed E-state index contributed by atoms with van der Waals surface area (Å²) in [6.07, 6.45) is -2.93. The number of rotatable bonds is 12. The van der Waals surface area contributed by atoms with Gasteiger partial charge in [0.2, 0.25) is 0 Å². The number of phenols is 2. The molecule has 6 N–H and O–H groups in total. The molecule has 3 aromatic rings. The summed E-state index contributed by atoms with van der Waals surface area (Å²) >= 11 is 0. The van der Waals surface area contributed by atoms with Crippen LogP contribution in [0, 0.1) is 0 Å². The highest BCUT2D eigenvalue weighted by Gasteiger charge is 2.17. The summed E-state index contributed by atoms with van der Waals surface area (Å²) in [5.74, 6) is -1.79. The summed E-state index contributed by atoms with van der Waals surface area (Å²) < 4.78 is 71.3. The van der Waals surface area contributed by atoms with Crippen molar-refractivity contribution < 1.29 is 55.8 Å². The first-order valence-corrected chi connectivity index (χ1v) is 14.2. The molecule has 0 bridgehead atoms. The molecule has 3 rings (SSSR count). The van der Waals surface area contributed by atoms with Gasteiger partial charge in [0.1, 0.15) is 59.9 Å². The van der Waals surface area contributed by atoms with Crippen LogP contribution >= 0.6 is 0 Å². The van der Waals surface area contributed by atoms with Gasteiger partial charge in [-0.2, -0.15) is 16.8 Å². The molecule has 0 amide bonds. The number of benzene rings is 3. The van der Waals surface area contributed by atoms with E-state index in [0.29, 0.717) is 22.3 Å². The minimum absolute atomic E-state index is 0.159. The lowest BCUT2D eigenvalue weighted by Gasteiger charge is -2.14. The molecule has 0 saturated heterocycles. The van der Waals surface area contributed by atoms with E-state index in [1.807, 2.05) is 0 Å². The van der Waals surface area contributed by atoms with Crippen LogP contribution in [0.2, 0.25) is 0 Å². The first kappa shape index (κ1) is 29.2. The van der Waals surface area contributed by atoms with Crippen molar-refractivity contribution in [3.63, 3.8) is 0 Å². The molecule has 206 valence electrons. The average molecular weight is 571 g/mol. The zero-order chi connectivity index (χ0) is 28.1. The third kappa shape index (κ3) is 8.86. The van der Waals surface area contributed by atoms with Crippen molar-refractivity contribution >= 4 is 20.2 Å². The summed E-state index contributed by atoms with van der Waals surface area (Å²) in [6.45, 7) is -0.848. The predicted molar refractivity (Wildman–Crippen MR) is 136 cm³/mol. The van der Waals surface area contributed by atoms with Crippen LogP contribution in [0.4, 0.5) is 0 Å². The number of aromatic hydroxyl groups is 2. The summed E-state index contributed by atoms with van der Waals surface area (Å²) in [5, 5.41) is 40.3. The molecule has 2 unspecified atom stereocenters. The first-order valence-electron chi connectivity index (χ1n) is 11.0. The zero-order valence-electron chi connectivity index (χ0n) is 19.7. The molecule has 38 heavy (non-hydrogen) atoms. The molecule has 0 saturated carbocycles. The SMILES string of the molecule is O=S(=O)(O)CC(O)COc1ccc(-c2cccc(-c3ccc(OCC(O)CS(=O)(=O)O)cc3O)c2)c(O)c1. The van der Waals surface area contributed by atoms with E-state index in [0.717, 1.165) is 0 Å². The Morgan fingerprint density at radius 1 is 0.632 bits per heavy atom. The quantitative estimate of drug-likeness (QED) is 0.172. The molecular weight excluding hydrogens is 544 g/mol. The van der Waals surface area contributed by atoms with Crippen molar-refractivity contribution in [1.82, 2.24) is 0 Å². The number of hydrogen-bond acceptors (Lipinski definition) is 10. The molecule has 0 aliphatic rings. The van der Waals surface area contributed by atoms with Gasteiger partial charge in [0.25, 0.3) is 20.2 Å². The molecule has 0 radical (unpaired) electrons. The highest BCUT2D eigenvalue weighted by atomic mass is 32.2. The van der Waals surface area contributed by atoms with Crippen LogP contribution in [0.25, 0.3) is 22.3 Å². The van der Waals surface area contributed by atoms with Gasteiger partial charge < -0.3 is 29.9 Å². The molecule has 0 aliphatic heterocycles. The lowest BCUT2D eigenvalue weighted by molar-refractivity contribution is 0.123. The van der Waals surface area contributed by atoms with Crippen LogP contribution in [-0.4, -0.2) is 83.3 Å². The number of ether oxygens (including phenoxy) is 2. The van der Waals surface area contributed by atoms with Crippen molar-refractivity contribution in [2.75, 3.05) is 24.7 Å². The predicted octanol–water partition coefficient (Wildman–Crippen LogP) is 1.69. The van der Waals surface area contributed by atoms with Crippen molar-refractivity contribution in [2.24, 2.45) is 0 Å². The van der Waals surface area contributed by atoms with Crippen LogP contribution in [-0.2, 0) is 20.2 Å². The summed E-state index contributed by atoms with van der Waals surface area (Å²) in [7, 11) is -8.73. The maximum absolute atomic E-state index is 10.8.